The topological polar surface area (TPSA) is 43.1 Å². The largest absolute Gasteiger partial charge is 0.287 e. The molecule has 3 nitrogen and oxygen atoms in total. The van der Waals surface area contributed by atoms with Crippen LogP contribution >= 0.6 is 24.0 Å². The fourth-order valence-corrected chi connectivity index (χ4v) is 2.27. The van der Waals surface area contributed by atoms with Crippen LogP contribution in [-0.2, 0) is 0 Å². The molecule has 1 aromatic heterocycles. The molecule has 0 aliphatic heterocycles. The fourth-order valence-electron chi connectivity index (χ4n) is 1.19. The summed E-state index contributed by atoms with van der Waals surface area (Å²) in [5.74, 6) is -0.626. The van der Waals surface area contributed by atoms with Crippen LogP contribution in [-0.4, -0.2) is 4.92 Å². The number of nitrogens with zero attached hydrogens (tertiary/aromatic N) is 1. The highest BCUT2D eigenvalue weighted by molar-refractivity contribution is 7.80. The number of halogens is 1. The van der Waals surface area contributed by atoms with Crippen molar-refractivity contribution in [1.29, 1.82) is 0 Å². The molecule has 0 saturated heterocycles. The van der Waals surface area contributed by atoms with E-state index < -0.39 is 10.7 Å². The summed E-state index contributed by atoms with van der Waals surface area (Å²) in [7, 11) is 0. The lowest BCUT2D eigenvalue weighted by molar-refractivity contribution is -0.387. The molecule has 2 rings (SSSR count). The zero-order valence-corrected chi connectivity index (χ0v) is 8.44. The highest BCUT2D eigenvalue weighted by Gasteiger charge is 2.19. The minimum Gasteiger partial charge on any atom is -0.258 e. The molecule has 6 heteroatoms. The van der Waals surface area contributed by atoms with E-state index >= 15 is 0 Å². The Morgan fingerprint density at radius 1 is 1.57 bits per heavy atom. The molecule has 0 bridgehead atoms. The van der Waals surface area contributed by atoms with Gasteiger partial charge >= 0.3 is 0 Å². The van der Waals surface area contributed by atoms with Crippen LogP contribution in [0.4, 0.5) is 10.1 Å². The van der Waals surface area contributed by atoms with E-state index in [1.165, 1.54) is 17.4 Å². The summed E-state index contributed by atoms with van der Waals surface area (Å²) in [5.41, 5.74) is -0.291. The summed E-state index contributed by atoms with van der Waals surface area (Å²) in [6.45, 7) is 0. The fraction of sp³-hybridized carbons (Fsp3) is 0. The lowest BCUT2D eigenvalue weighted by Crippen LogP contribution is -1.92. The van der Waals surface area contributed by atoms with Crippen molar-refractivity contribution in [2.45, 2.75) is 4.90 Å². The van der Waals surface area contributed by atoms with Gasteiger partial charge < -0.3 is 0 Å². The number of fused-ring (bicyclic) bond motifs is 1. The number of thiophene rings is 1. The third kappa shape index (κ3) is 1.27. The second kappa shape index (κ2) is 3.21. The van der Waals surface area contributed by atoms with Crippen LogP contribution in [0.1, 0.15) is 0 Å². The predicted molar refractivity (Wildman–Crippen MR) is 55.7 cm³/mol. The molecule has 0 aliphatic rings. The first-order valence-corrected chi connectivity index (χ1v) is 4.97. The molecular weight excluding hydrogens is 225 g/mol. The van der Waals surface area contributed by atoms with E-state index in [4.69, 9.17) is 0 Å². The van der Waals surface area contributed by atoms with Gasteiger partial charge in [0.25, 0.3) is 5.69 Å². The molecule has 0 spiro atoms. The summed E-state index contributed by atoms with van der Waals surface area (Å²) >= 11 is 5.05. The van der Waals surface area contributed by atoms with E-state index in [0.29, 0.717) is 10.1 Å². The molecule has 14 heavy (non-hydrogen) atoms. The molecule has 72 valence electrons. The second-order valence-electron chi connectivity index (χ2n) is 2.65. The molecule has 0 fully saturated rings. The van der Waals surface area contributed by atoms with Crippen LogP contribution in [0.3, 0.4) is 0 Å². The van der Waals surface area contributed by atoms with Crippen molar-refractivity contribution < 1.29 is 9.31 Å². The first kappa shape index (κ1) is 9.42. The maximum absolute atomic E-state index is 13.5. The van der Waals surface area contributed by atoms with Crippen LogP contribution in [0.2, 0.25) is 0 Å². The van der Waals surface area contributed by atoms with Crippen molar-refractivity contribution in [2.75, 3.05) is 0 Å². The molecule has 0 aliphatic carbocycles. The van der Waals surface area contributed by atoms with Gasteiger partial charge in [-0.05, 0) is 11.4 Å². The summed E-state index contributed by atoms with van der Waals surface area (Å²) in [5, 5.41) is 12.6. The monoisotopic (exact) mass is 229 g/mol. The minimum atomic E-state index is -0.634. The van der Waals surface area contributed by atoms with Gasteiger partial charge in [-0.15, -0.1) is 24.0 Å². The average Bonchev–Trinajstić information content (AvgIpc) is 2.58. The van der Waals surface area contributed by atoms with E-state index in [0.717, 1.165) is 0 Å². The summed E-state index contributed by atoms with van der Waals surface area (Å²) in [4.78, 5) is 9.69. The van der Waals surface area contributed by atoms with Crippen molar-refractivity contribution in [3.05, 3.63) is 33.4 Å². The molecule has 1 heterocycles. The zero-order chi connectivity index (χ0) is 10.3. The number of nitro groups is 1. The van der Waals surface area contributed by atoms with E-state index in [1.807, 2.05) is 0 Å². The Kier molecular flexibility index (Phi) is 2.16. The number of benzene rings is 1. The van der Waals surface area contributed by atoms with Gasteiger partial charge in [-0.25, -0.2) is 4.39 Å². The number of hydrogen-bond donors (Lipinski definition) is 1. The van der Waals surface area contributed by atoms with Gasteiger partial charge in [-0.3, -0.25) is 10.1 Å². The van der Waals surface area contributed by atoms with Crippen LogP contribution in [0, 0.1) is 15.9 Å². The standard InChI is InChI=1S/C8H4FNO2S2/c9-7-4-1-2-14-6(4)3-5(8(7)13)10(11)12/h1-3,13H. The third-order valence-corrected chi connectivity index (χ3v) is 3.14. The molecule has 0 saturated carbocycles. The summed E-state index contributed by atoms with van der Waals surface area (Å²) in [6, 6.07) is 2.92. The van der Waals surface area contributed by atoms with Crippen molar-refractivity contribution in [2.24, 2.45) is 0 Å². The van der Waals surface area contributed by atoms with E-state index in [2.05, 4.69) is 12.6 Å². The van der Waals surface area contributed by atoms with Gasteiger partial charge in [0, 0.05) is 16.2 Å². The Hall–Kier alpha value is -1.14. The molecule has 2 aromatic rings. The van der Waals surface area contributed by atoms with Gasteiger partial charge in [-0.1, -0.05) is 0 Å². The SMILES string of the molecule is O=[N+]([O-])c1cc2sccc2c(F)c1S. The number of hydrogen-bond acceptors (Lipinski definition) is 4. The zero-order valence-electron chi connectivity index (χ0n) is 6.73. The average molecular weight is 229 g/mol. The Morgan fingerprint density at radius 3 is 2.93 bits per heavy atom. The van der Waals surface area contributed by atoms with Crippen LogP contribution in [0.5, 0.6) is 0 Å². The maximum atomic E-state index is 13.5. The van der Waals surface area contributed by atoms with E-state index in [1.54, 1.807) is 11.4 Å². The second-order valence-corrected chi connectivity index (χ2v) is 4.04. The Balaban J connectivity index is 2.87. The van der Waals surface area contributed by atoms with E-state index in [-0.39, 0.29) is 10.6 Å². The van der Waals surface area contributed by atoms with Crippen molar-refractivity contribution in [1.82, 2.24) is 0 Å². The highest BCUT2D eigenvalue weighted by atomic mass is 32.1. The summed E-state index contributed by atoms with van der Waals surface area (Å²) in [6.07, 6.45) is 0. The van der Waals surface area contributed by atoms with Crippen molar-refractivity contribution in [3.8, 4) is 0 Å². The highest BCUT2D eigenvalue weighted by Crippen LogP contribution is 2.34. The maximum Gasteiger partial charge on any atom is 0.287 e. The first-order valence-electron chi connectivity index (χ1n) is 3.64. The smallest absolute Gasteiger partial charge is 0.258 e. The van der Waals surface area contributed by atoms with Gasteiger partial charge in [0.05, 0.1) is 4.92 Å². The quantitative estimate of drug-likeness (QED) is 0.463. The first-order chi connectivity index (χ1) is 6.61. The van der Waals surface area contributed by atoms with Gasteiger partial charge in [-0.2, -0.15) is 0 Å². The number of thiol groups is 1. The van der Waals surface area contributed by atoms with Crippen molar-refractivity contribution in [3.63, 3.8) is 0 Å². The molecule has 0 amide bonds. The molecule has 0 atom stereocenters. The Labute approximate surface area is 87.7 Å². The van der Waals surface area contributed by atoms with Crippen LogP contribution < -0.4 is 0 Å². The van der Waals surface area contributed by atoms with Gasteiger partial charge in [0.15, 0.2) is 5.82 Å². The number of nitro benzene ring substituents is 1. The molecular formula is C8H4FNO2S2. The summed E-state index contributed by atoms with van der Waals surface area (Å²) < 4.78 is 14.0. The van der Waals surface area contributed by atoms with Gasteiger partial charge in [0.1, 0.15) is 4.90 Å². The lowest BCUT2D eigenvalue weighted by Gasteiger charge is -1.98. The van der Waals surface area contributed by atoms with E-state index in [9.17, 15) is 14.5 Å². The third-order valence-electron chi connectivity index (χ3n) is 1.85. The lowest BCUT2D eigenvalue weighted by atomic mass is 10.2. The normalized spacial score (nSPS) is 10.7. The molecule has 0 radical (unpaired) electrons. The van der Waals surface area contributed by atoms with Crippen LogP contribution in [0.25, 0.3) is 10.1 Å². The minimum absolute atomic E-state index is 0.207. The molecule has 1 aromatic carbocycles. The Morgan fingerprint density at radius 2 is 2.29 bits per heavy atom. The molecule has 0 N–H and O–H groups in total. The molecule has 0 unspecified atom stereocenters. The Bertz CT molecular complexity index is 523. The predicted octanol–water partition coefficient (Wildman–Crippen LogP) is 3.24. The van der Waals surface area contributed by atoms with Gasteiger partial charge in [0.2, 0.25) is 0 Å². The number of rotatable bonds is 1. The van der Waals surface area contributed by atoms with Crippen LogP contribution in [0.15, 0.2) is 22.4 Å². The van der Waals surface area contributed by atoms with Crippen molar-refractivity contribution >= 4 is 39.7 Å².